The number of aromatic nitrogens is 1. The minimum atomic E-state index is -0.287. The van der Waals surface area contributed by atoms with E-state index in [0.717, 1.165) is 10.2 Å². The number of carbonyl (C=O) groups is 1. The summed E-state index contributed by atoms with van der Waals surface area (Å²) in [6.07, 6.45) is 0. The number of carbonyl (C=O) groups excluding carboxylic acids is 1. The van der Waals surface area contributed by atoms with E-state index in [1.165, 1.54) is 32.7 Å². The van der Waals surface area contributed by atoms with Gasteiger partial charge in [-0.25, -0.2) is 4.98 Å². The van der Waals surface area contributed by atoms with Crippen LogP contribution in [0.2, 0.25) is 0 Å². The lowest BCUT2D eigenvalue weighted by Crippen LogP contribution is -2.11. The third-order valence-electron chi connectivity index (χ3n) is 3.41. The first kappa shape index (κ1) is 16.1. The molecule has 3 rings (SSSR count). The Morgan fingerprint density at radius 1 is 1.04 bits per heavy atom. The van der Waals surface area contributed by atoms with E-state index in [2.05, 4.69) is 10.3 Å². The van der Waals surface area contributed by atoms with Gasteiger partial charge < -0.3 is 19.5 Å². The molecule has 1 N–H and O–H groups in total. The van der Waals surface area contributed by atoms with E-state index < -0.39 is 0 Å². The molecule has 1 heterocycles. The van der Waals surface area contributed by atoms with Crippen LogP contribution in [0.4, 0.5) is 5.69 Å². The summed E-state index contributed by atoms with van der Waals surface area (Å²) in [5, 5.41) is 3.21. The van der Waals surface area contributed by atoms with Crippen LogP contribution in [-0.2, 0) is 0 Å². The Balaban J connectivity index is 1.91. The third kappa shape index (κ3) is 2.98. The largest absolute Gasteiger partial charge is 0.493 e. The molecular formula is C17H16N2O4S. The van der Waals surface area contributed by atoms with Crippen molar-refractivity contribution in [2.75, 3.05) is 26.6 Å². The van der Waals surface area contributed by atoms with Crippen molar-refractivity contribution in [3.05, 3.63) is 41.4 Å². The second-order valence-corrected chi connectivity index (χ2v) is 5.89. The van der Waals surface area contributed by atoms with Gasteiger partial charge in [0.2, 0.25) is 5.75 Å². The molecule has 0 unspecified atom stereocenters. The van der Waals surface area contributed by atoms with Crippen molar-refractivity contribution >= 4 is 33.1 Å². The average Bonchev–Trinajstić information content (AvgIpc) is 3.05. The summed E-state index contributed by atoms with van der Waals surface area (Å²) in [6.45, 7) is 0. The molecule has 3 aromatic rings. The SMILES string of the molecule is COc1cc(NC(=O)c2nc3ccccc3s2)cc(OC)c1OC. The molecule has 1 aromatic heterocycles. The molecule has 24 heavy (non-hydrogen) atoms. The molecule has 0 atom stereocenters. The standard InChI is InChI=1S/C17H16N2O4S/c1-21-12-8-10(9-13(22-2)15(12)23-3)18-16(20)17-19-11-6-4-5-7-14(11)24-17/h4-9H,1-3H3,(H,18,20). The van der Waals surface area contributed by atoms with Crippen LogP contribution < -0.4 is 19.5 Å². The van der Waals surface area contributed by atoms with Gasteiger partial charge in [0.1, 0.15) is 0 Å². The lowest BCUT2D eigenvalue weighted by atomic mass is 10.2. The van der Waals surface area contributed by atoms with Gasteiger partial charge in [0.15, 0.2) is 16.5 Å². The van der Waals surface area contributed by atoms with Gasteiger partial charge >= 0.3 is 0 Å². The fraction of sp³-hybridized carbons (Fsp3) is 0.176. The lowest BCUT2D eigenvalue weighted by molar-refractivity contribution is 0.102. The van der Waals surface area contributed by atoms with E-state index in [0.29, 0.717) is 27.9 Å². The van der Waals surface area contributed by atoms with Gasteiger partial charge in [0, 0.05) is 17.8 Å². The number of thiazole rings is 1. The number of methoxy groups -OCH3 is 3. The van der Waals surface area contributed by atoms with Crippen LogP contribution in [0.25, 0.3) is 10.2 Å². The first-order valence-electron chi connectivity index (χ1n) is 7.13. The molecule has 6 nitrogen and oxygen atoms in total. The van der Waals surface area contributed by atoms with Crippen molar-refractivity contribution in [2.45, 2.75) is 0 Å². The van der Waals surface area contributed by atoms with E-state index in [1.807, 2.05) is 24.3 Å². The zero-order valence-corrected chi connectivity index (χ0v) is 14.3. The van der Waals surface area contributed by atoms with Gasteiger partial charge in [0.25, 0.3) is 5.91 Å². The number of fused-ring (bicyclic) bond motifs is 1. The number of hydrogen-bond acceptors (Lipinski definition) is 6. The number of rotatable bonds is 5. The van der Waals surface area contributed by atoms with Crippen molar-refractivity contribution < 1.29 is 19.0 Å². The highest BCUT2D eigenvalue weighted by molar-refractivity contribution is 7.20. The molecule has 0 saturated carbocycles. The van der Waals surface area contributed by atoms with E-state index in [9.17, 15) is 4.79 Å². The van der Waals surface area contributed by atoms with Crippen molar-refractivity contribution in [2.24, 2.45) is 0 Å². The normalized spacial score (nSPS) is 10.5. The van der Waals surface area contributed by atoms with Crippen LogP contribution in [0, 0.1) is 0 Å². The first-order valence-corrected chi connectivity index (χ1v) is 7.95. The van der Waals surface area contributed by atoms with Crippen molar-refractivity contribution in [1.29, 1.82) is 0 Å². The molecule has 0 aliphatic carbocycles. The molecule has 2 aromatic carbocycles. The maximum absolute atomic E-state index is 12.5. The molecule has 7 heteroatoms. The van der Waals surface area contributed by atoms with Crippen LogP contribution in [0.3, 0.4) is 0 Å². The number of benzene rings is 2. The molecular weight excluding hydrogens is 328 g/mol. The second-order valence-electron chi connectivity index (χ2n) is 4.85. The summed E-state index contributed by atoms with van der Waals surface area (Å²) in [5.74, 6) is 1.12. The van der Waals surface area contributed by atoms with Crippen LogP contribution in [0.5, 0.6) is 17.2 Å². The van der Waals surface area contributed by atoms with Crippen LogP contribution in [-0.4, -0.2) is 32.2 Å². The average molecular weight is 344 g/mol. The van der Waals surface area contributed by atoms with E-state index in [4.69, 9.17) is 14.2 Å². The van der Waals surface area contributed by atoms with Crippen molar-refractivity contribution in [3.63, 3.8) is 0 Å². The van der Waals surface area contributed by atoms with Gasteiger partial charge in [-0.05, 0) is 12.1 Å². The zero-order chi connectivity index (χ0) is 17.1. The monoisotopic (exact) mass is 344 g/mol. The lowest BCUT2D eigenvalue weighted by Gasteiger charge is -2.14. The Morgan fingerprint density at radius 2 is 1.71 bits per heavy atom. The Morgan fingerprint density at radius 3 is 2.29 bits per heavy atom. The molecule has 0 spiro atoms. The Kier molecular flexibility index (Phi) is 4.52. The summed E-state index contributed by atoms with van der Waals surface area (Å²) in [4.78, 5) is 16.8. The summed E-state index contributed by atoms with van der Waals surface area (Å²) in [5.41, 5.74) is 1.34. The smallest absolute Gasteiger partial charge is 0.284 e. The molecule has 0 aliphatic rings. The van der Waals surface area contributed by atoms with Crippen molar-refractivity contribution in [1.82, 2.24) is 4.98 Å². The predicted octanol–water partition coefficient (Wildman–Crippen LogP) is 3.57. The number of para-hydroxylation sites is 1. The first-order chi connectivity index (χ1) is 11.7. The minimum absolute atomic E-state index is 0.287. The number of hydrogen-bond donors (Lipinski definition) is 1. The maximum Gasteiger partial charge on any atom is 0.284 e. The molecule has 0 saturated heterocycles. The Bertz CT molecular complexity index is 833. The maximum atomic E-state index is 12.5. The zero-order valence-electron chi connectivity index (χ0n) is 13.5. The number of ether oxygens (including phenoxy) is 3. The number of nitrogens with one attached hydrogen (secondary N) is 1. The van der Waals surface area contributed by atoms with Gasteiger partial charge in [-0.3, -0.25) is 4.79 Å². The third-order valence-corrected chi connectivity index (χ3v) is 4.45. The molecule has 0 aliphatic heterocycles. The summed E-state index contributed by atoms with van der Waals surface area (Å²) < 4.78 is 16.8. The predicted molar refractivity (Wildman–Crippen MR) is 93.7 cm³/mol. The topological polar surface area (TPSA) is 69.7 Å². The van der Waals surface area contributed by atoms with Gasteiger partial charge in [-0.1, -0.05) is 12.1 Å². The minimum Gasteiger partial charge on any atom is -0.493 e. The highest BCUT2D eigenvalue weighted by Gasteiger charge is 2.17. The summed E-state index contributed by atoms with van der Waals surface area (Å²) >= 11 is 1.34. The summed E-state index contributed by atoms with van der Waals surface area (Å²) in [7, 11) is 4.58. The van der Waals surface area contributed by atoms with E-state index >= 15 is 0 Å². The van der Waals surface area contributed by atoms with Crippen LogP contribution >= 0.6 is 11.3 Å². The molecule has 124 valence electrons. The number of amides is 1. The molecule has 1 amide bonds. The van der Waals surface area contributed by atoms with Crippen LogP contribution in [0.1, 0.15) is 9.80 Å². The fourth-order valence-corrected chi connectivity index (χ4v) is 3.17. The summed E-state index contributed by atoms with van der Waals surface area (Å²) in [6, 6.07) is 11.0. The highest BCUT2D eigenvalue weighted by atomic mass is 32.1. The molecule has 0 radical (unpaired) electrons. The molecule has 0 bridgehead atoms. The molecule has 0 fully saturated rings. The number of nitrogens with zero attached hydrogens (tertiary/aromatic N) is 1. The van der Waals surface area contributed by atoms with Crippen molar-refractivity contribution in [3.8, 4) is 17.2 Å². The number of anilines is 1. The van der Waals surface area contributed by atoms with Gasteiger partial charge in [-0.2, -0.15) is 0 Å². The van der Waals surface area contributed by atoms with Crippen LogP contribution in [0.15, 0.2) is 36.4 Å². The van der Waals surface area contributed by atoms with Gasteiger partial charge in [0.05, 0.1) is 31.5 Å². The van der Waals surface area contributed by atoms with Gasteiger partial charge in [-0.15, -0.1) is 11.3 Å². The quantitative estimate of drug-likeness (QED) is 0.766. The van der Waals surface area contributed by atoms with E-state index in [1.54, 1.807) is 12.1 Å². The highest BCUT2D eigenvalue weighted by Crippen LogP contribution is 2.40. The Hall–Kier alpha value is -2.80. The van der Waals surface area contributed by atoms with E-state index in [-0.39, 0.29) is 5.91 Å². The Labute approximate surface area is 143 Å². The fourth-order valence-electron chi connectivity index (χ4n) is 2.31. The second kappa shape index (κ2) is 6.76.